The minimum atomic E-state index is -0.0608. The first kappa shape index (κ1) is 16.9. The van der Waals surface area contributed by atoms with Crippen molar-refractivity contribution in [3.05, 3.63) is 83.4 Å². The van der Waals surface area contributed by atoms with Crippen LogP contribution in [0.3, 0.4) is 0 Å². The lowest BCUT2D eigenvalue weighted by Gasteiger charge is -2.16. The van der Waals surface area contributed by atoms with Gasteiger partial charge in [-0.05, 0) is 37.1 Å². The second-order valence-electron chi connectivity index (χ2n) is 6.20. The Bertz CT molecular complexity index is 834. The van der Waals surface area contributed by atoms with Gasteiger partial charge in [0.25, 0.3) is 0 Å². The third kappa shape index (κ3) is 4.32. The first-order valence-corrected chi connectivity index (χ1v) is 8.50. The van der Waals surface area contributed by atoms with E-state index >= 15 is 0 Å². The Balaban J connectivity index is 1.73. The van der Waals surface area contributed by atoms with Crippen LogP contribution in [0.25, 0.3) is 6.08 Å². The van der Waals surface area contributed by atoms with Crippen LogP contribution in [-0.2, 0) is 4.79 Å². The Morgan fingerprint density at radius 3 is 2.56 bits per heavy atom. The molecule has 0 aromatic heterocycles. The van der Waals surface area contributed by atoms with Crippen molar-refractivity contribution in [2.24, 2.45) is 0 Å². The summed E-state index contributed by atoms with van der Waals surface area (Å²) in [5, 5.41) is 0. The van der Waals surface area contributed by atoms with Crippen molar-refractivity contribution in [3.8, 4) is 0 Å². The van der Waals surface area contributed by atoms with Crippen LogP contribution in [0.1, 0.15) is 35.7 Å². The Morgan fingerprint density at radius 1 is 1.04 bits per heavy atom. The summed E-state index contributed by atoms with van der Waals surface area (Å²) in [5.41, 5.74) is 3.51. The Kier molecular flexibility index (Phi) is 5.24. The second-order valence-corrected chi connectivity index (χ2v) is 6.20. The summed E-state index contributed by atoms with van der Waals surface area (Å²) in [6, 6.07) is 17.3. The van der Waals surface area contributed by atoms with Crippen LogP contribution in [0.2, 0.25) is 0 Å². The number of rotatable bonds is 5. The van der Waals surface area contributed by atoms with Crippen molar-refractivity contribution in [3.63, 3.8) is 0 Å². The van der Waals surface area contributed by atoms with Crippen LogP contribution in [0, 0.1) is 0 Å². The number of allylic oxidation sites excluding steroid dienone is 3. The fourth-order valence-corrected chi connectivity index (χ4v) is 2.91. The van der Waals surface area contributed by atoms with E-state index in [4.69, 9.17) is 0 Å². The molecule has 3 rings (SSSR count). The van der Waals surface area contributed by atoms with E-state index in [1.54, 1.807) is 23.1 Å². The van der Waals surface area contributed by atoms with E-state index in [1.165, 1.54) is 0 Å². The van der Waals surface area contributed by atoms with E-state index in [0.717, 1.165) is 29.8 Å². The summed E-state index contributed by atoms with van der Waals surface area (Å²) >= 11 is 0. The number of carbonyl (C=O) groups excluding carboxylic acids is 2. The highest BCUT2D eigenvalue weighted by atomic mass is 16.2. The normalized spacial score (nSPS) is 15.2. The fraction of sp³-hybridized carbons (Fsp3) is 0.182. The lowest BCUT2D eigenvalue weighted by atomic mass is 10.1. The minimum absolute atomic E-state index is 0.0608. The molecule has 0 N–H and O–H groups in total. The quantitative estimate of drug-likeness (QED) is 0.454. The Hall–Kier alpha value is -2.94. The number of hydrogen-bond acceptors (Lipinski definition) is 2. The first-order valence-electron chi connectivity index (χ1n) is 8.50. The van der Waals surface area contributed by atoms with Crippen molar-refractivity contribution < 1.29 is 9.59 Å². The van der Waals surface area contributed by atoms with Gasteiger partial charge in [0.05, 0.1) is 0 Å². The minimum Gasteiger partial charge on any atom is -0.312 e. The zero-order valence-corrected chi connectivity index (χ0v) is 14.3. The highest BCUT2D eigenvalue weighted by Gasteiger charge is 2.21. The van der Waals surface area contributed by atoms with E-state index in [9.17, 15) is 9.59 Å². The summed E-state index contributed by atoms with van der Waals surface area (Å²) in [5.74, 6) is 0.0658. The molecular weight excluding hydrogens is 310 g/mol. The zero-order valence-electron chi connectivity index (χ0n) is 14.3. The number of hydrogen-bond donors (Lipinski definition) is 0. The predicted octanol–water partition coefficient (Wildman–Crippen LogP) is 4.66. The molecule has 2 aromatic carbocycles. The summed E-state index contributed by atoms with van der Waals surface area (Å²) in [4.78, 5) is 26.0. The van der Waals surface area contributed by atoms with Crippen LogP contribution in [0.5, 0.6) is 0 Å². The van der Waals surface area contributed by atoms with Gasteiger partial charge >= 0.3 is 0 Å². The zero-order chi connectivity index (χ0) is 17.6. The van der Waals surface area contributed by atoms with Gasteiger partial charge in [0.1, 0.15) is 0 Å². The van der Waals surface area contributed by atoms with Crippen molar-refractivity contribution in [2.45, 2.75) is 19.8 Å². The topological polar surface area (TPSA) is 37.4 Å². The average molecular weight is 331 g/mol. The van der Waals surface area contributed by atoms with Crippen LogP contribution in [0.4, 0.5) is 5.69 Å². The third-order valence-corrected chi connectivity index (χ3v) is 4.21. The Labute approximate surface area is 148 Å². The van der Waals surface area contributed by atoms with E-state index < -0.39 is 0 Å². The summed E-state index contributed by atoms with van der Waals surface area (Å²) < 4.78 is 0. The maximum Gasteiger partial charge on any atom is 0.227 e. The highest BCUT2D eigenvalue weighted by molar-refractivity contribution is 6.06. The van der Waals surface area contributed by atoms with E-state index in [-0.39, 0.29) is 11.7 Å². The molecule has 0 saturated carbocycles. The monoisotopic (exact) mass is 331 g/mol. The number of ketones is 1. The molecule has 1 heterocycles. The smallest absolute Gasteiger partial charge is 0.227 e. The number of anilines is 1. The molecule has 0 spiro atoms. The summed E-state index contributed by atoms with van der Waals surface area (Å²) in [7, 11) is 0. The predicted molar refractivity (Wildman–Crippen MR) is 102 cm³/mol. The highest BCUT2D eigenvalue weighted by Crippen LogP contribution is 2.22. The molecule has 126 valence electrons. The van der Waals surface area contributed by atoms with Gasteiger partial charge in [-0.25, -0.2) is 0 Å². The molecule has 25 heavy (non-hydrogen) atoms. The fourth-order valence-electron chi connectivity index (χ4n) is 2.91. The SMILES string of the molecule is CC(/C=C/C(=O)c1cccc(N2CCCC2=O)c1)=C\c1ccccc1. The maximum atomic E-state index is 12.4. The standard InChI is InChI=1S/C22H21NO2/c1-17(15-18-7-3-2-4-8-18)12-13-21(24)19-9-5-10-20(16-19)23-14-6-11-22(23)25/h2-5,7-10,12-13,15-16H,6,11,14H2,1H3/b13-12+,17-15+. The molecule has 0 aliphatic carbocycles. The molecule has 1 saturated heterocycles. The number of carbonyl (C=O) groups is 2. The molecule has 1 aliphatic heterocycles. The van der Waals surface area contributed by atoms with Gasteiger partial charge in [0.2, 0.25) is 5.91 Å². The summed E-state index contributed by atoms with van der Waals surface area (Å²) in [6.45, 7) is 2.70. The molecule has 0 bridgehead atoms. The van der Waals surface area contributed by atoms with Crippen LogP contribution in [-0.4, -0.2) is 18.2 Å². The van der Waals surface area contributed by atoms with Gasteiger partial charge < -0.3 is 4.90 Å². The van der Waals surface area contributed by atoms with Gasteiger partial charge in [-0.15, -0.1) is 0 Å². The molecule has 0 atom stereocenters. The van der Waals surface area contributed by atoms with Crippen LogP contribution in [0.15, 0.2) is 72.3 Å². The third-order valence-electron chi connectivity index (χ3n) is 4.21. The van der Waals surface area contributed by atoms with Gasteiger partial charge in [0.15, 0.2) is 5.78 Å². The van der Waals surface area contributed by atoms with Crippen LogP contribution < -0.4 is 4.90 Å². The number of amides is 1. The van der Waals surface area contributed by atoms with Gasteiger partial charge in [-0.1, -0.05) is 60.2 Å². The molecule has 3 nitrogen and oxygen atoms in total. The average Bonchev–Trinajstić information content (AvgIpc) is 3.06. The van der Waals surface area contributed by atoms with Gasteiger partial charge in [-0.3, -0.25) is 9.59 Å². The Morgan fingerprint density at radius 2 is 1.84 bits per heavy atom. The van der Waals surface area contributed by atoms with Crippen molar-refractivity contribution in [2.75, 3.05) is 11.4 Å². The molecule has 1 amide bonds. The molecule has 3 heteroatoms. The van der Waals surface area contributed by atoms with Crippen LogP contribution >= 0.6 is 0 Å². The summed E-state index contributed by atoms with van der Waals surface area (Å²) in [6.07, 6.45) is 6.90. The molecule has 1 aliphatic rings. The lowest BCUT2D eigenvalue weighted by Crippen LogP contribution is -2.23. The molecule has 0 unspecified atom stereocenters. The molecule has 1 fully saturated rings. The van der Waals surface area contributed by atoms with Crippen molar-refractivity contribution in [1.82, 2.24) is 0 Å². The van der Waals surface area contributed by atoms with Gasteiger partial charge in [0, 0.05) is 24.2 Å². The van der Waals surface area contributed by atoms with E-state index in [1.807, 2.05) is 61.5 Å². The molecule has 0 radical (unpaired) electrons. The number of benzene rings is 2. The molecule has 2 aromatic rings. The largest absolute Gasteiger partial charge is 0.312 e. The molecular formula is C22H21NO2. The second kappa shape index (κ2) is 7.75. The first-order chi connectivity index (χ1) is 12.1. The number of nitrogens with zero attached hydrogens (tertiary/aromatic N) is 1. The maximum absolute atomic E-state index is 12.4. The van der Waals surface area contributed by atoms with E-state index in [0.29, 0.717) is 12.0 Å². The van der Waals surface area contributed by atoms with Crippen molar-refractivity contribution >= 4 is 23.5 Å². The van der Waals surface area contributed by atoms with Crippen molar-refractivity contribution in [1.29, 1.82) is 0 Å². The van der Waals surface area contributed by atoms with Gasteiger partial charge in [-0.2, -0.15) is 0 Å². The van der Waals surface area contributed by atoms with E-state index in [2.05, 4.69) is 0 Å². The lowest BCUT2D eigenvalue weighted by molar-refractivity contribution is -0.117.